The molecule has 0 saturated carbocycles. The molecule has 3 rings (SSSR count). The Morgan fingerprint density at radius 3 is 2.41 bits per heavy atom. The topological polar surface area (TPSA) is 67.9 Å². The lowest BCUT2D eigenvalue weighted by atomic mass is 10.1. The van der Waals surface area contributed by atoms with Crippen LogP contribution in [0.2, 0.25) is 5.02 Å². The summed E-state index contributed by atoms with van der Waals surface area (Å²) in [7, 11) is 0. The van der Waals surface area contributed by atoms with E-state index in [1.165, 1.54) is 6.07 Å². The van der Waals surface area contributed by atoms with Gasteiger partial charge in [-0.15, -0.1) is 0 Å². The normalized spacial score (nSPS) is 12.4. The number of carbonyl (C=O) groups is 2. The summed E-state index contributed by atoms with van der Waals surface area (Å²) < 4.78 is 11.2. The molecule has 1 aliphatic heterocycles. The van der Waals surface area contributed by atoms with Crippen molar-refractivity contribution < 1.29 is 19.1 Å². The van der Waals surface area contributed by atoms with E-state index in [1.807, 2.05) is 38.1 Å². The number of halogens is 1. The molecule has 0 aromatic heterocycles. The van der Waals surface area contributed by atoms with E-state index in [0.29, 0.717) is 48.4 Å². The van der Waals surface area contributed by atoms with Gasteiger partial charge in [-0.25, -0.2) is 0 Å². The lowest BCUT2D eigenvalue weighted by molar-refractivity contribution is -0.130. The summed E-state index contributed by atoms with van der Waals surface area (Å²) in [6.45, 7) is 5.80. The van der Waals surface area contributed by atoms with Crippen LogP contribution in [-0.4, -0.2) is 36.5 Å². The molecular formula is C22H25ClN2O4. The maximum Gasteiger partial charge on any atom is 0.251 e. The molecule has 29 heavy (non-hydrogen) atoms. The van der Waals surface area contributed by atoms with Crippen molar-refractivity contribution in [1.29, 1.82) is 0 Å². The molecule has 1 aliphatic rings. The average molecular weight is 417 g/mol. The lowest BCUT2D eigenvalue weighted by Gasteiger charge is -2.17. The van der Waals surface area contributed by atoms with Crippen molar-refractivity contribution in [3.8, 4) is 11.5 Å². The number of fused-ring (bicyclic) bond motifs is 1. The largest absolute Gasteiger partial charge is 0.490 e. The first-order chi connectivity index (χ1) is 14.0. The van der Waals surface area contributed by atoms with Gasteiger partial charge in [0.2, 0.25) is 5.91 Å². The van der Waals surface area contributed by atoms with Crippen LogP contribution in [0.5, 0.6) is 11.5 Å². The molecule has 0 fully saturated rings. The number of carbonyl (C=O) groups excluding carboxylic acids is 2. The van der Waals surface area contributed by atoms with E-state index in [4.69, 9.17) is 21.1 Å². The fourth-order valence-corrected chi connectivity index (χ4v) is 3.45. The third-order valence-corrected chi connectivity index (χ3v) is 4.90. The summed E-state index contributed by atoms with van der Waals surface area (Å²) in [4.78, 5) is 26.8. The standard InChI is InChI=1S/C22H25ClN2O4/c1-3-9-29-21-18(23)10-17(11-19(21)28-4-2)22(27)24-12-20(26)25-13-15-7-5-6-8-16(15)14-25/h5-8,10-11H,3-4,9,12-14H2,1-2H3,(H,24,27). The first-order valence-corrected chi connectivity index (χ1v) is 10.1. The number of ether oxygens (including phenoxy) is 2. The Balaban J connectivity index is 1.64. The summed E-state index contributed by atoms with van der Waals surface area (Å²) in [5, 5.41) is 2.98. The molecule has 0 atom stereocenters. The van der Waals surface area contributed by atoms with E-state index >= 15 is 0 Å². The van der Waals surface area contributed by atoms with Gasteiger partial charge in [0.15, 0.2) is 11.5 Å². The number of rotatable bonds is 8. The van der Waals surface area contributed by atoms with Crippen LogP contribution in [0, 0.1) is 0 Å². The molecule has 0 radical (unpaired) electrons. The van der Waals surface area contributed by atoms with Crippen molar-refractivity contribution in [2.75, 3.05) is 19.8 Å². The molecule has 0 unspecified atom stereocenters. The van der Waals surface area contributed by atoms with Crippen molar-refractivity contribution in [2.45, 2.75) is 33.4 Å². The minimum atomic E-state index is -0.389. The zero-order chi connectivity index (χ0) is 20.8. The molecule has 0 bridgehead atoms. The number of amides is 2. The maximum absolute atomic E-state index is 12.6. The third-order valence-electron chi connectivity index (χ3n) is 4.62. The minimum absolute atomic E-state index is 0.0809. The van der Waals surface area contributed by atoms with Crippen molar-refractivity contribution in [3.63, 3.8) is 0 Å². The second-order valence-electron chi connectivity index (χ2n) is 6.77. The quantitative estimate of drug-likeness (QED) is 0.710. The molecule has 2 aromatic rings. The second-order valence-corrected chi connectivity index (χ2v) is 7.18. The summed E-state index contributed by atoms with van der Waals surface area (Å²) in [6, 6.07) is 11.1. The molecule has 6 nitrogen and oxygen atoms in total. The molecule has 0 spiro atoms. The van der Waals surface area contributed by atoms with E-state index in [1.54, 1.807) is 11.0 Å². The monoisotopic (exact) mass is 416 g/mol. The highest BCUT2D eigenvalue weighted by Crippen LogP contribution is 2.36. The predicted molar refractivity (Wildman–Crippen MR) is 111 cm³/mol. The van der Waals surface area contributed by atoms with Crippen molar-refractivity contribution >= 4 is 23.4 Å². The highest BCUT2D eigenvalue weighted by Gasteiger charge is 2.23. The van der Waals surface area contributed by atoms with E-state index in [9.17, 15) is 9.59 Å². The molecule has 2 amide bonds. The Morgan fingerprint density at radius 1 is 1.10 bits per heavy atom. The third kappa shape index (κ3) is 5.01. The minimum Gasteiger partial charge on any atom is -0.490 e. The molecular weight excluding hydrogens is 392 g/mol. The van der Waals surface area contributed by atoms with Crippen LogP contribution in [-0.2, 0) is 17.9 Å². The van der Waals surface area contributed by atoms with Crippen LogP contribution < -0.4 is 14.8 Å². The fourth-order valence-electron chi connectivity index (χ4n) is 3.19. The maximum atomic E-state index is 12.6. The molecule has 1 N–H and O–H groups in total. The Labute approximate surface area is 175 Å². The van der Waals surface area contributed by atoms with Gasteiger partial charge in [0.25, 0.3) is 5.91 Å². The smallest absolute Gasteiger partial charge is 0.251 e. The van der Waals surface area contributed by atoms with Gasteiger partial charge in [-0.3, -0.25) is 9.59 Å². The van der Waals surface area contributed by atoms with Gasteiger partial charge in [0.1, 0.15) is 0 Å². The van der Waals surface area contributed by atoms with Crippen LogP contribution in [0.15, 0.2) is 36.4 Å². The highest BCUT2D eigenvalue weighted by molar-refractivity contribution is 6.32. The Hall–Kier alpha value is -2.73. The van der Waals surface area contributed by atoms with Gasteiger partial charge in [-0.1, -0.05) is 42.8 Å². The van der Waals surface area contributed by atoms with Gasteiger partial charge >= 0.3 is 0 Å². The van der Waals surface area contributed by atoms with E-state index in [-0.39, 0.29) is 18.4 Å². The molecule has 2 aromatic carbocycles. The number of nitrogens with zero attached hydrogens (tertiary/aromatic N) is 1. The van der Waals surface area contributed by atoms with Gasteiger partial charge in [0, 0.05) is 18.7 Å². The van der Waals surface area contributed by atoms with Gasteiger partial charge < -0.3 is 19.7 Å². The predicted octanol–water partition coefficient (Wildman–Crippen LogP) is 3.80. The summed E-state index contributed by atoms with van der Waals surface area (Å²) in [5.74, 6) is 0.325. The summed E-state index contributed by atoms with van der Waals surface area (Å²) in [6.07, 6.45) is 0.826. The van der Waals surface area contributed by atoms with Crippen molar-refractivity contribution in [3.05, 3.63) is 58.1 Å². The van der Waals surface area contributed by atoms with E-state index < -0.39 is 0 Å². The van der Waals surface area contributed by atoms with Gasteiger partial charge in [-0.2, -0.15) is 0 Å². The van der Waals surface area contributed by atoms with Crippen molar-refractivity contribution in [1.82, 2.24) is 10.2 Å². The number of hydrogen-bond donors (Lipinski definition) is 1. The fraction of sp³-hybridized carbons (Fsp3) is 0.364. The van der Waals surface area contributed by atoms with E-state index in [0.717, 1.165) is 17.5 Å². The molecule has 7 heteroatoms. The zero-order valence-corrected chi connectivity index (χ0v) is 17.4. The SMILES string of the molecule is CCCOc1c(Cl)cc(C(=O)NCC(=O)N2Cc3ccccc3C2)cc1OCC. The van der Waals surface area contributed by atoms with Gasteiger partial charge in [-0.05, 0) is 36.6 Å². The molecule has 1 heterocycles. The van der Waals surface area contributed by atoms with Crippen LogP contribution >= 0.6 is 11.6 Å². The zero-order valence-electron chi connectivity index (χ0n) is 16.7. The summed E-state index contributed by atoms with van der Waals surface area (Å²) in [5.41, 5.74) is 2.60. The Bertz CT molecular complexity index is 875. The van der Waals surface area contributed by atoms with Crippen molar-refractivity contribution in [2.24, 2.45) is 0 Å². The molecule has 0 aliphatic carbocycles. The van der Waals surface area contributed by atoms with Gasteiger partial charge in [0.05, 0.1) is 24.8 Å². The first kappa shape index (κ1) is 21.0. The number of benzene rings is 2. The summed E-state index contributed by atoms with van der Waals surface area (Å²) >= 11 is 6.31. The number of hydrogen-bond acceptors (Lipinski definition) is 4. The average Bonchev–Trinajstić information content (AvgIpc) is 3.15. The highest BCUT2D eigenvalue weighted by atomic mass is 35.5. The van der Waals surface area contributed by atoms with Crippen LogP contribution in [0.25, 0.3) is 0 Å². The number of nitrogens with one attached hydrogen (secondary N) is 1. The van der Waals surface area contributed by atoms with Crippen LogP contribution in [0.1, 0.15) is 41.8 Å². The lowest BCUT2D eigenvalue weighted by Crippen LogP contribution is -2.37. The molecule has 154 valence electrons. The van der Waals surface area contributed by atoms with Crippen LogP contribution in [0.4, 0.5) is 0 Å². The Morgan fingerprint density at radius 2 is 1.79 bits per heavy atom. The Kier molecular flexibility index (Phi) is 6.99. The first-order valence-electron chi connectivity index (χ1n) is 9.75. The second kappa shape index (κ2) is 9.65. The van der Waals surface area contributed by atoms with Crippen LogP contribution in [0.3, 0.4) is 0 Å². The molecule has 0 saturated heterocycles. The van der Waals surface area contributed by atoms with E-state index in [2.05, 4.69) is 5.32 Å².